The van der Waals surface area contributed by atoms with E-state index in [9.17, 15) is 13.2 Å². The molecule has 0 heterocycles. The van der Waals surface area contributed by atoms with Gasteiger partial charge in [0, 0.05) is 5.02 Å². The molecule has 0 fully saturated rings. The van der Waals surface area contributed by atoms with Gasteiger partial charge in [-0.05, 0) is 67.8 Å². The largest absolute Gasteiger partial charge is 0.271 e. The van der Waals surface area contributed by atoms with E-state index < -0.39 is 22.5 Å². The summed E-state index contributed by atoms with van der Waals surface area (Å²) in [4.78, 5) is 12.8. The van der Waals surface area contributed by atoms with Gasteiger partial charge in [-0.25, -0.2) is 13.8 Å². The van der Waals surface area contributed by atoms with Crippen molar-refractivity contribution in [3.8, 4) is 0 Å². The summed E-state index contributed by atoms with van der Waals surface area (Å²) in [6.45, 7) is 5.19. The van der Waals surface area contributed by atoms with Crippen LogP contribution in [0.2, 0.25) is 5.02 Å². The predicted molar refractivity (Wildman–Crippen MR) is 129 cm³/mol. The minimum atomic E-state index is -3.98. The van der Waals surface area contributed by atoms with Gasteiger partial charge in [0.15, 0.2) is 0 Å². The number of nitrogens with one attached hydrogen (secondary N) is 1. The van der Waals surface area contributed by atoms with Crippen molar-refractivity contribution in [2.24, 2.45) is 5.10 Å². The molecule has 0 atom stereocenters. The molecule has 0 bridgehead atoms. The molecular weight excluding hydrogens is 446 g/mol. The highest BCUT2D eigenvalue weighted by Gasteiger charge is 2.28. The Morgan fingerprint density at radius 1 is 1.00 bits per heavy atom. The van der Waals surface area contributed by atoms with Crippen molar-refractivity contribution in [2.75, 3.05) is 10.8 Å². The van der Waals surface area contributed by atoms with Crippen LogP contribution in [0.4, 0.5) is 5.69 Å². The lowest BCUT2D eigenvalue weighted by molar-refractivity contribution is -0.119. The van der Waals surface area contributed by atoms with E-state index in [1.54, 1.807) is 60.7 Å². The first-order chi connectivity index (χ1) is 15.2. The Kier molecular flexibility index (Phi) is 7.33. The van der Waals surface area contributed by atoms with Gasteiger partial charge in [0.05, 0.1) is 16.8 Å². The Labute approximate surface area is 193 Å². The smallest absolute Gasteiger partial charge is 0.264 e. The maximum atomic E-state index is 13.5. The van der Waals surface area contributed by atoms with Crippen LogP contribution in [0.15, 0.2) is 76.7 Å². The normalized spacial score (nSPS) is 11.5. The number of carbonyl (C=O) groups is 1. The maximum Gasteiger partial charge on any atom is 0.264 e. The van der Waals surface area contributed by atoms with Gasteiger partial charge in [-0.2, -0.15) is 5.10 Å². The first kappa shape index (κ1) is 23.5. The van der Waals surface area contributed by atoms with Crippen LogP contribution in [-0.2, 0) is 14.8 Å². The van der Waals surface area contributed by atoms with Gasteiger partial charge >= 0.3 is 0 Å². The molecule has 1 amide bonds. The lowest BCUT2D eigenvalue weighted by atomic mass is 10.1. The third-order valence-corrected chi connectivity index (χ3v) is 7.04. The van der Waals surface area contributed by atoms with Crippen molar-refractivity contribution in [1.29, 1.82) is 0 Å². The molecule has 0 unspecified atom stereocenters. The number of amides is 1. The van der Waals surface area contributed by atoms with Gasteiger partial charge in [-0.15, -0.1) is 0 Å². The van der Waals surface area contributed by atoms with Crippen molar-refractivity contribution in [3.05, 3.63) is 94.0 Å². The van der Waals surface area contributed by atoms with Crippen LogP contribution >= 0.6 is 11.6 Å². The van der Waals surface area contributed by atoms with E-state index >= 15 is 0 Å². The SMILES string of the molecule is Cc1ccc(S(=O)(=O)N(CC(=O)N/N=C\c2ccc(Cl)cc2)c2cccc(C)c2C)cc1. The predicted octanol–water partition coefficient (Wildman–Crippen LogP) is 4.61. The van der Waals surface area contributed by atoms with Crippen molar-refractivity contribution < 1.29 is 13.2 Å². The molecule has 0 aliphatic carbocycles. The quantitative estimate of drug-likeness (QED) is 0.405. The number of rotatable bonds is 7. The molecule has 3 aromatic carbocycles. The first-order valence-corrected chi connectivity index (χ1v) is 11.7. The number of halogens is 1. The van der Waals surface area contributed by atoms with Gasteiger partial charge in [-0.3, -0.25) is 9.10 Å². The highest BCUT2D eigenvalue weighted by atomic mass is 35.5. The second kappa shape index (κ2) is 9.97. The average Bonchev–Trinajstić information content (AvgIpc) is 2.76. The molecule has 3 aromatic rings. The molecule has 1 N–H and O–H groups in total. The highest BCUT2D eigenvalue weighted by Crippen LogP contribution is 2.28. The maximum absolute atomic E-state index is 13.5. The van der Waals surface area contributed by atoms with Gasteiger partial charge in [0.1, 0.15) is 6.54 Å². The topological polar surface area (TPSA) is 78.8 Å². The van der Waals surface area contributed by atoms with Crippen molar-refractivity contribution in [3.63, 3.8) is 0 Å². The van der Waals surface area contributed by atoms with Crippen LogP contribution in [0.3, 0.4) is 0 Å². The zero-order valence-corrected chi connectivity index (χ0v) is 19.6. The summed E-state index contributed by atoms with van der Waals surface area (Å²) >= 11 is 5.86. The summed E-state index contributed by atoms with van der Waals surface area (Å²) in [6, 6.07) is 18.8. The molecule has 0 saturated heterocycles. The number of anilines is 1. The number of hydrogen-bond donors (Lipinski definition) is 1. The number of hydrogen-bond acceptors (Lipinski definition) is 4. The monoisotopic (exact) mass is 469 g/mol. The van der Waals surface area contributed by atoms with E-state index in [1.165, 1.54) is 6.21 Å². The Balaban J connectivity index is 1.89. The molecule has 0 aromatic heterocycles. The summed E-state index contributed by atoms with van der Waals surface area (Å²) in [5.41, 5.74) is 6.24. The summed E-state index contributed by atoms with van der Waals surface area (Å²) < 4.78 is 28.0. The minimum Gasteiger partial charge on any atom is -0.271 e. The zero-order chi connectivity index (χ0) is 23.3. The van der Waals surface area contributed by atoms with Crippen LogP contribution in [0, 0.1) is 20.8 Å². The second-order valence-corrected chi connectivity index (χ2v) is 9.69. The molecule has 0 aliphatic heterocycles. The Morgan fingerprint density at radius 3 is 2.31 bits per heavy atom. The second-order valence-electron chi connectivity index (χ2n) is 7.39. The summed E-state index contributed by atoms with van der Waals surface area (Å²) in [5, 5.41) is 4.53. The number of carbonyl (C=O) groups excluding carboxylic acids is 1. The highest BCUT2D eigenvalue weighted by molar-refractivity contribution is 7.92. The van der Waals surface area contributed by atoms with Crippen LogP contribution in [0.1, 0.15) is 22.3 Å². The molecular formula is C24H24ClN3O3S. The molecule has 0 saturated carbocycles. The fourth-order valence-electron chi connectivity index (χ4n) is 3.04. The molecule has 6 nitrogen and oxygen atoms in total. The van der Waals surface area contributed by atoms with Crippen LogP contribution < -0.4 is 9.73 Å². The average molecular weight is 470 g/mol. The lowest BCUT2D eigenvalue weighted by Gasteiger charge is -2.26. The lowest BCUT2D eigenvalue weighted by Crippen LogP contribution is -2.40. The van der Waals surface area contributed by atoms with E-state index in [1.807, 2.05) is 26.8 Å². The number of aryl methyl sites for hydroxylation is 2. The Hall–Kier alpha value is -3.16. The fraction of sp³-hybridized carbons (Fsp3) is 0.167. The third-order valence-electron chi connectivity index (χ3n) is 5.01. The number of hydrazone groups is 1. The minimum absolute atomic E-state index is 0.112. The van der Waals surface area contributed by atoms with Gasteiger partial charge in [-0.1, -0.05) is 53.6 Å². The Bertz CT molecular complexity index is 1240. The summed E-state index contributed by atoms with van der Waals surface area (Å²) in [5.74, 6) is -0.563. The van der Waals surface area contributed by atoms with Crippen molar-refractivity contribution in [1.82, 2.24) is 5.43 Å². The molecule has 8 heteroatoms. The molecule has 0 spiro atoms. The summed E-state index contributed by atoms with van der Waals surface area (Å²) in [7, 11) is -3.98. The van der Waals surface area contributed by atoms with E-state index in [0.717, 1.165) is 26.6 Å². The third kappa shape index (κ3) is 5.55. The van der Waals surface area contributed by atoms with Crippen LogP contribution in [0.5, 0.6) is 0 Å². The van der Waals surface area contributed by atoms with Gasteiger partial charge in [0.25, 0.3) is 15.9 Å². The van der Waals surface area contributed by atoms with Gasteiger partial charge < -0.3 is 0 Å². The fourth-order valence-corrected chi connectivity index (χ4v) is 4.64. The van der Waals surface area contributed by atoms with E-state index in [4.69, 9.17) is 11.6 Å². The zero-order valence-electron chi connectivity index (χ0n) is 18.0. The van der Waals surface area contributed by atoms with Crippen LogP contribution in [0.25, 0.3) is 0 Å². The number of sulfonamides is 1. The Morgan fingerprint density at radius 2 is 1.66 bits per heavy atom. The van der Waals surface area contributed by atoms with Crippen molar-refractivity contribution >= 4 is 39.4 Å². The standard InChI is InChI=1S/C24H24ClN3O3S/c1-17-7-13-22(14-8-17)32(30,31)28(23-6-4-5-18(2)19(23)3)16-24(29)27-26-15-20-9-11-21(25)12-10-20/h4-15H,16H2,1-3H3,(H,27,29)/b26-15-. The molecule has 32 heavy (non-hydrogen) atoms. The molecule has 0 aliphatic rings. The number of nitrogens with zero attached hydrogens (tertiary/aromatic N) is 2. The van der Waals surface area contributed by atoms with E-state index in [0.29, 0.717) is 10.7 Å². The van der Waals surface area contributed by atoms with Gasteiger partial charge in [0.2, 0.25) is 0 Å². The molecule has 0 radical (unpaired) electrons. The van der Waals surface area contributed by atoms with E-state index in [2.05, 4.69) is 10.5 Å². The molecule has 166 valence electrons. The first-order valence-electron chi connectivity index (χ1n) is 9.91. The summed E-state index contributed by atoms with van der Waals surface area (Å²) in [6.07, 6.45) is 1.46. The van der Waals surface area contributed by atoms with Crippen molar-refractivity contribution in [2.45, 2.75) is 25.7 Å². The number of benzene rings is 3. The van der Waals surface area contributed by atoms with E-state index in [-0.39, 0.29) is 4.90 Å². The molecule has 3 rings (SSSR count). The van der Waals surface area contributed by atoms with Crippen LogP contribution in [-0.4, -0.2) is 27.1 Å².